The molecular weight excluding hydrogens is 436 g/mol. The van der Waals surface area contributed by atoms with Crippen LogP contribution in [0, 0.1) is 0 Å². The minimum absolute atomic E-state index is 0.221. The fraction of sp³-hybridized carbons (Fsp3) is 0.231. The van der Waals surface area contributed by atoms with E-state index < -0.39 is 10.1 Å². The first kappa shape index (κ1) is 20.3. The van der Waals surface area contributed by atoms with Gasteiger partial charge in [-0.1, -0.05) is 24.3 Å². The first-order valence-corrected chi connectivity index (χ1v) is 12.6. The molecule has 0 aromatic heterocycles. The van der Waals surface area contributed by atoms with Gasteiger partial charge in [-0.2, -0.15) is 0 Å². The van der Waals surface area contributed by atoms with E-state index in [9.17, 15) is 13.0 Å². The molecule has 6 nitrogen and oxygen atoms in total. The molecule has 0 fully saturated rings. The van der Waals surface area contributed by atoms with Crippen molar-refractivity contribution in [3.8, 4) is 11.5 Å². The van der Waals surface area contributed by atoms with Crippen molar-refractivity contribution in [2.24, 2.45) is 5.73 Å². The number of hydrogen-bond acceptors (Lipinski definition) is 6. The molecule has 3 aromatic carbocycles. The van der Waals surface area contributed by atoms with E-state index in [-0.39, 0.29) is 4.90 Å². The number of nitrogens with zero attached hydrogens (tertiary/aromatic N) is 1. The maximum absolute atomic E-state index is 12.2. The molecule has 3 aromatic rings. The Balaban J connectivity index is 1.76. The van der Waals surface area contributed by atoms with Gasteiger partial charge in [-0.05, 0) is 60.7 Å². The third-order valence-electron chi connectivity index (χ3n) is 6.85. The first-order valence-electron chi connectivity index (χ1n) is 11.2. The quantitative estimate of drug-likeness (QED) is 0.463. The van der Waals surface area contributed by atoms with Gasteiger partial charge in [0.15, 0.2) is 0 Å². The highest BCUT2D eigenvalue weighted by molar-refractivity contribution is 7.85. The summed E-state index contributed by atoms with van der Waals surface area (Å²) >= 11 is 0. The van der Waals surface area contributed by atoms with Crippen LogP contribution in [-0.4, -0.2) is 26.1 Å². The standard InChI is InChI=1S/C26H24N2O4S/c27-15-16-9-10-18-22(13-16)32-26-20-7-4-12-28-11-3-5-17(25(20)28)14-21(26)24(18)19-6-1-2-8-23(19)33(29,30)31/h1-2,6,8-10,13-15H,3-5,7,11-12,27H2,(H,29,30,31)/p-1/b16-15+. The van der Waals surface area contributed by atoms with Gasteiger partial charge in [-0.25, -0.2) is 8.42 Å². The van der Waals surface area contributed by atoms with E-state index in [2.05, 4.69) is 11.0 Å². The summed E-state index contributed by atoms with van der Waals surface area (Å²) in [6, 6.07) is 14.2. The second kappa shape index (κ2) is 7.37. The number of fused-ring (bicyclic) bond motifs is 3. The van der Waals surface area contributed by atoms with Gasteiger partial charge in [0.1, 0.15) is 21.6 Å². The molecular formula is C26H23N2O4S-. The van der Waals surface area contributed by atoms with Gasteiger partial charge < -0.3 is 19.9 Å². The summed E-state index contributed by atoms with van der Waals surface area (Å²) in [5.41, 5.74) is 11.4. The van der Waals surface area contributed by atoms with Crippen LogP contribution in [0.1, 0.15) is 35.1 Å². The molecule has 0 atom stereocenters. The molecule has 2 N–H and O–H groups in total. The van der Waals surface area contributed by atoms with Gasteiger partial charge >= 0.3 is 0 Å². The van der Waals surface area contributed by atoms with Crippen LogP contribution in [0.5, 0.6) is 11.5 Å². The summed E-state index contributed by atoms with van der Waals surface area (Å²) in [5.74, 6) is 1.37. The van der Waals surface area contributed by atoms with Crippen molar-refractivity contribution in [3.63, 3.8) is 0 Å². The fourth-order valence-corrected chi connectivity index (χ4v) is 6.19. The average Bonchev–Trinajstić information content (AvgIpc) is 2.82. The molecule has 0 aliphatic carbocycles. The predicted molar refractivity (Wildman–Crippen MR) is 126 cm³/mol. The number of rotatable bonds is 2. The van der Waals surface area contributed by atoms with Crippen LogP contribution in [0.25, 0.3) is 11.8 Å². The van der Waals surface area contributed by atoms with Crippen LogP contribution >= 0.6 is 0 Å². The molecule has 0 saturated carbocycles. The van der Waals surface area contributed by atoms with Gasteiger partial charge in [0.2, 0.25) is 0 Å². The van der Waals surface area contributed by atoms with Crippen molar-refractivity contribution in [1.29, 1.82) is 0 Å². The van der Waals surface area contributed by atoms with E-state index in [1.54, 1.807) is 18.2 Å². The Labute approximate surface area is 192 Å². The van der Waals surface area contributed by atoms with Crippen LogP contribution < -0.4 is 25.8 Å². The van der Waals surface area contributed by atoms with Gasteiger partial charge in [-0.3, -0.25) is 0 Å². The highest BCUT2D eigenvalue weighted by Gasteiger charge is 2.32. The fourth-order valence-electron chi connectivity index (χ4n) is 5.50. The van der Waals surface area contributed by atoms with E-state index in [1.165, 1.54) is 29.1 Å². The van der Waals surface area contributed by atoms with Crippen molar-refractivity contribution in [2.45, 2.75) is 30.6 Å². The highest BCUT2D eigenvalue weighted by atomic mass is 32.2. The summed E-state index contributed by atoms with van der Waals surface area (Å²) in [5, 5.41) is 1.55. The van der Waals surface area contributed by atoms with Gasteiger partial charge in [-0.15, -0.1) is 0 Å². The van der Waals surface area contributed by atoms with Crippen molar-refractivity contribution in [3.05, 3.63) is 81.2 Å². The minimum atomic E-state index is -4.68. The molecule has 6 rings (SSSR count). The predicted octanol–water partition coefficient (Wildman–Crippen LogP) is 2.34. The van der Waals surface area contributed by atoms with E-state index in [4.69, 9.17) is 10.5 Å². The maximum Gasteiger partial charge on any atom is 0.140 e. The largest absolute Gasteiger partial charge is 0.744 e. The lowest BCUT2D eigenvalue weighted by atomic mass is 9.84. The van der Waals surface area contributed by atoms with Crippen LogP contribution in [0.4, 0.5) is 5.69 Å². The number of hydrogen-bond donors (Lipinski definition) is 1. The lowest BCUT2D eigenvalue weighted by molar-refractivity contribution is 0.458. The van der Waals surface area contributed by atoms with Gasteiger partial charge in [0, 0.05) is 52.5 Å². The number of ether oxygens (including phenoxy) is 1. The Bertz CT molecular complexity index is 1540. The Morgan fingerprint density at radius 3 is 2.58 bits per heavy atom. The van der Waals surface area contributed by atoms with Crippen LogP contribution in [0.2, 0.25) is 0 Å². The summed E-state index contributed by atoms with van der Waals surface area (Å²) in [6.07, 6.45) is 5.49. The zero-order chi connectivity index (χ0) is 22.7. The molecule has 3 aliphatic rings. The average molecular weight is 460 g/mol. The zero-order valence-electron chi connectivity index (χ0n) is 18.0. The second-order valence-electron chi connectivity index (χ2n) is 8.78. The third kappa shape index (κ3) is 3.14. The van der Waals surface area contributed by atoms with E-state index in [0.717, 1.165) is 60.5 Å². The maximum atomic E-state index is 12.2. The van der Waals surface area contributed by atoms with Crippen molar-refractivity contribution >= 4 is 27.6 Å². The minimum Gasteiger partial charge on any atom is -0.744 e. The normalized spacial score (nSPS) is 17.2. The second-order valence-corrected chi connectivity index (χ2v) is 10.1. The highest BCUT2D eigenvalue weighted by Crippen LogP contribution is 2.48. The third-order valence-corrected chi connectivity index (χ3v) is 7.74. The molecule has 7 heteroatoms. The van der Waals surface area contributed by atoms with Crippen molar-refractivity contribution in [2.75, 3.05) is 18.0 Å². The number of benzene rings is 3. The van der Waals surface area contributed by atoms with Gasteiger partial charge in [0.25, 0.3) is 0 Å². The van der Waals surface area contributed by atoms with Crippen LogP contribution in [0.3, 0.4) is 0 Å². The van der Waals surface area contributed by atoms with Gasteiger partial charge in [0.05, 0.1) is 4.90 Å². The monoisotopic (exact) mass is 459 g/mol. The first-order chi connectivity index (χ1) is 16.0. The van der Waals surface area contributed by atoms with E-state index >= 15 is 0 Å². The topological polar surface area (TPSA) is 95.7 Å². The SMILES string of the molecule is N/C=c1\ccc2c(c1)Oc1c(cc3c4c1CCCN4CCC3)C=2c1ccccc1S(=O)(=O)[O-]. The summed E-state index contributed by atoms with van der Waals surface area (Å²) < 4.78 is 43.1. The summed E-state index contributed by atoms with van der Waals surface area (Å²) in [4.78, 5) is 2.22. The van der Waals surface area contributed by atoms with Crippen LogP contribution in [-0.2, 0) is 23.0 Å². The summed E-state index contributed by atoms with van der Waals surface area (Å²) in [6.45, 7) is 2.07. The molecule has 0 radical (unpaired) electrons. The molecule has 0 bridgehead atoms. The molecule has 0 saturated heterocycles. The molecule has 168 valence electrons. The lowest BCUT2D eigenvalue weighted by Gasteiger charge is -2.39. The van der Waals surface area contributed by atoms with E-state index in [1.807, 2.05) is 18.2 Å². The molecule has 0 amide bonds. The Morgan fingerprint density at radius 1 is 1.00 bits per heavy atom. The number of nitrogens with two attached hydrogens (primary N) is 1. The van der Waals surface area contributed by atoms with Crippen LogP contribution in [0.15, 0.2) is 53.4 Å². The molecule has 3 aliphatic heterocycles. The smallest absolute Gasteiger partial charge is 0.140 e. The number of anilines is 1. The molecule has 0 unspecified atom stereocenters. The van der Waals surface area contributed by atoms with E-state index in [0.29, 0.717) is 16.9 Å². The molecule has 3 heterocycles. The Kier molecular flexibility index (Phi) is 4.54. The Hall–Kier alpha value is -3.29. The van der Waals surface area contributed by atoms with Crippen molar-refractivity contribution in [1.82, 2.24) is 0 Å². The number of aryl methyl sites for hydroxylation is 1. The van der Waals surface area contributed by atoms with Crippen molar-refractivity contribution < 1.29 is 17.7 Å². The Morgan fingerprint density at radius 2 is 1.79 bits per heavy atom. The molecule has 0 spiro atoms. The lowest BCUT2D eigenvalue weighted by Crippen LogP contribution is -2.35. The molecule has 33 heavy (non-hydrogen) atoms. The zero-order valence-corrected chi connectivity index (χ0v) is 18.8. The summed E-state index contributed by atoms with van der Waals surface area (Å²) in [7, 11) is -4.68.